The third kappa shape index (κ3) is 3.57. The van der Waals surface area contributed by atoms with Crippen molar-refractivity contribution in [3.05, 3.63) is 52.8 Å². The Balaban J connectivity index is 1.54. The Bertz CT molecular complexity index is 734. The maximum atomic E-state index is 12.3. The summed E-state index contributed by atoms with van der Waals surface area (Å²) in [6, 6.07) is 14.0. The number of ether oxygens (including phenoxy) is 1. The Hall–Kier alpha value is -1.98. The van der Waals surface area contributed by atoms with Crippen LogP contribution < -0.4 is 5.56 Å². The molecule has 0 bridgehead atoms. The zero-order valence-electron chi connectivity index (χ0n) is 13.8. The van der Waals surface area contributed by atoms with Crippen LogP contribution in [0.15, 0.2) is 47.3 Å². The van der Waals surface area contributed by atoms with Crippen molar-refractivity contribution >= 4 is 0 Å². The maximum absolute atomic E-state index is 12.3. The van der Waals surface area contributed by atoms with Crippen LogP contribution in [0, 0.1) is 5.92 Å². The van der Waals surface area contributed by atoms with Gasteiger partial charge in [0, 0.05) is 30.8 Å². The van der Waals surface area contributed by atoms with Crippen molar-refractivity contribution < 1.29 is 4.74 Å². The van der Waals surface area contributed by atoms with E-state index in [9.17, 15) is 4.79 Å². The summed E-state index contributed by atoms with van der Waals surface area (Å²) in [4.78, 5) is 14.7. The highest BCUT2D eigenvalue weighted by Crippen LogP contribution is 2.29. The molecular formula is C19H23N3O2. The average Bonchev–Trinajstić information content (AvgIpc) is 3.34. The highest BCUT2D eigenvalue weighted by atomic mass is 16.5. The first-order valence-electron chi connectivity index (χ1n) is 8.75. The first-order valence-corrected chi connectivity index (χ1v) is 8.75. The van der Waals surface area contributed by atoms with E-state index in [1.807, 2.05) is 30.3 Å². The van der Waals surface area contributed by atoms with Gasteiger partial charge in [0.15, 0.2) is 0 Å². The van der Waals surface area contributed by atoms with Gasteiger partial charge in [0.1, 0.15) is 0 Å². The Labute approximate surface area is 141 Å². The van der Waals surface area contributed by atoms with E-state index >= 15 is 0 Å². The number of aromatic nitrogens is 2. The molecule has 0 spiro atoms. The molecule has 1 aliphatic carbocycles. The van der Waals surface area contributed by atoms with Crippen LogP contribution in [-0.4, -0.2) is 40.5 Å². The van der Waals surface area contributed by atoms with Crippen molar-refractivity contribution in [3.63, 3.8) is 0 Å². The molecule has 2 heterocycles. The molecule has 0 amide bonds. The van der Waals surface area contributed by atoms with Crippen molar-refractivity contribution in [2.45, 2.75) is 32.0 Å². The fraction of sp³-hybridized carbons (Fsp3) is 0.474. The van der Waals surface area contributed by atoms with Gasteiger partial charge in [0.25, 0.3) is 5.56 Å². The van der Waals surface area contributed by atoms with Crippen molar-refractivity contribution in [1.29, 1.82) is 0 Å². The highest BCUT2D eigenvalue weighted by molar-refractivity contribution is 5.57. The summed E-state index contributed by atoms with van der Waals surface area (Å²) >= 11 is 0. The lowest BCUT2D eigenvalue weighted by Gasteiger charge is -2.25. The zero-order chi connectivity index (χ0) is 16.4. The van der Waals surface area contributed by atoms with Crippen molar-refractivity contribution in [3.8, 4) is 11.3 Å². The predicted octanol–water partition coefficient (Wildman–Crippen LogP) is 2.37. The molecule has 4 rings (SSSR count). The van der Waals surface area contributed by atoms with Crippen molar-refractivity contribution in [2.75, 3.05) is 19.8 Å². The second kappa shape index (κ2) is 6.87. The monoisotopic (exact) mass is 325 g/mol. The summed E-state index contributed by atoms with van der Waals surface area (Å²) in [5.41, 5.74) is 1.84. The first kappa shape index (κ1) is 15.5. The van der Waals surface area contributed by atoms with Crippen molar-refractivity contribution in [1.82, 2.24) is 14.7 Å². The fourth-order valence-electron chi connectivity index (χ4n) is 3.31. The molecule has 1 saturated carbocycles. The molecule has 126 valence electrons. The molecule has 1 aromatic heterocycles. The highest BCUT2D eigenvalue weighted by Gasteiger charge is 2.32. The van der Waals surface area contributed by atoms with Gasteiger partial charge in [-0.2, -0.15) is 5.10 Å². The maximum Gasteiger partial charge on any atom is 0.268 e. The zero-order valence-corrected chi connectivity index (χ0v) is 13.8. The second-order valence-electron chi connectivity index (χ2n) is 6.80. The molecule has 0 unspecified atom stereocenters. The van der Waals surface area contributed by atoms with E-state index in [4.69, 9.17) is 4.74 Å². The van der Waals surface area contributed by atoms with E-state index in [0.717, 1.165) is 37.4 Å². The van der Waals surface area contributed by atoms with Gasteiger partial charge >= 0.3 is 0 Å². The lowest BCUT2D eigenvalue weighted by atomic mass is 10.1. The minimum atomic E-state index is -0.0389. The topological polar surface area (TPSA) is 47.4 Å². The molecule has 2 aromatic rings. The number of benzene rings is 1. The van der Waals surface area contributed by atoms with Gasteiger partial charge < -0.3 is 4.74 Å². The Kier molecular flexibility index (Phi) is 4.45. The van der Waals surface area contributed by atoms with Gasteiger partial charge in [-0.3, -0.25) is 9.69 Å². The van der Waals surface area contributed by atoms with Crippen LogP contribution in [0.2, 0.25) is 0 Å². The standard InChI is InChI=1S/C19H23N3O2/c23-19-9-8-18(16-4-2-1-3-5-16)20-22(19)14-21(17-6-7-17)12-15-10-11-24-13-15/h1-5,8-9,15,17H,6-7,10-14H2/t15-/m1/s1. The average molecular weight is 325 g/mol. The van der Waals surface area contributed by atoms with Crippen LogP contribution in [0.4, 0.5) is 0 Å². The van der Waals surface area contributed by atoms with Gasteiger partial charge in [0.2, 0.25) is 0 Å². The third-order valence-electron chi connectivity index (χ3n) is 4.83. The predicted molar refractivity (Wildman–Crippen MR) is 92.6 cm³/mol. The second-order valence-corrected chi connectivity index (χ2v) is 6.80. The molecule has 1 saturated heterocycles. The molecule has 1 atom stereocenters. The van der Waals surface area contributed by atoms with Gasteiger partial charge in [-0.25, -0.2) is 4.68 Å². The van der Waals surface area contributed by atoms with Crippen LogP contribution in [-0.2, 0) is 11.4 Å². The quantitative estimate of drug-likeness (QED) is 0.818. The molecule has 5 heteroatoms. The number of hydrogen-bond acceptors (Lipinski definition) is 4. The molecule has 24 heavy (non-hydrogen) atoms. The first-order chi connectivity index (χ1) is 11.8. The minimum absolute atomic E-state index is 0.0389. The SMILES string of the molecule is O=c1ccc(-c2ccccc2)nn1CN(C[C@H]1CCOC1)C1CC1. The van der Waals surface area contributed by atoms with Crippen LogP contribution in [0.5, 0.6) is 0 Å². The Morgan fingerprint density at radius 3 is 2.67 bits per heavy atom. The normalized spacial score (nSPS) is 20.6. The summed E-state index contributed by atoms with van der Waals surface area (Å²) in [5, 5.41) is 4.60. The van der Waals surface area contributed by atoms with E-state index in [-0.39, 0.29) is 5.56 Å². The van der Waals surface area contributed by atoms with E-state index in [1.54, 1.807) is 16.8 Å². The Morgan fingerprint density at radius 1 is 1.12 bits per heavy atom. The molecule has 1 aromatic carbocycles. The van der Waals surface area contributed by atoms with Gasteiger partial charge in [0.05, 0.1) is 19.0 Å². The van der Waals surface area contributed by atoms with Crippen LogP contribution in [0.3, 0.4) is 0 Å². The number of rotatable bonds is 6. The van der Waals surface area contributed by atoms with E-state index < -0.39 is 0 Å². The van der Waals surface area contributed by atoms with E-state index in [2.05, 4.69) is 10.00 Å². The summed E-state index contributed by atoms with van der Waals surface area (Å²) < 4.78 is 7.11. The largest absolute Gasteiger partial charge is 0.381 e. The molecule has 5 nitrogen and oxygen atoms in total. The number of hydrogen-bond donors (Lipinski definition) is 0. The molecule has 2 fully saturated rings. The van der Waals surface area contributed by atoms with Crippen LogP contribution >= 0.6 is 0 Å². The van der Waals surface area contributed by atoms with Gasteiger partial charge in [-0.1, -0.05) is 30.3 Å². The number of nitrogens with zero attached hydrogens (tertiary/aromatic N) is 3. The summed E-state index contributed by atoms with van der Waals surface area (Å²) in [5.74, 6) is 0.582. The lowest BCUT2D eigenvalue weighted by Crippen LogP contribution is -2.38. The molecule has 2 aliphatic rings. The van der Waals surface area contributed by atoms with Gasteiger partial charge in [-0.05, 0) is 31.2 Å². The van der Waals surface area contributed by atoms with Crippen LogP contribution in [0.1, 0.15) is 19.3 Å². The molecule has 0 N–H and O–H groups in total. The molecular weight excluding hydrogens is 302 g/mol. The van der Waals surface area contributed by atoms with Crippen LogP contribution in [0.25, 0.3) is 11.3 Å². The lowest BCUT2D eigenvalue weighted by molar-refractivity contribution is 0.140. The van der Waals surface area contributed by atoms with E-state index in [0.29, 0.717) is 18.6 Å². The third-order valence-corrected chi connectivity index (χ3v) is 4.83. The van der Waals surface area contributed by atoms with Gasteiger partial charge in [-0.15, -0.1) is 0 Å². The van der Waals surface area contributed by atoms with Crippen molar-refractivity contribution in [2.24, 2.45) is 5.92 Å². The minimum Gasteiger partial charge on any atom is -0.381 e. The summed E-state index contributed by atoms with van der Waals surface area (Å²) in [6.07, 6.45) is 3.57. The smallest absolute Gasteiger partial charge is 0.268 e. The van der Waals surface area contributed by atoms with E-state index in [1.165, 1.54) is 12.8 Å². The molecule has 0 radical (unpaired) electrons. The molecule has 1 aliphatic heterocycles. The Morgan fingerprint density at radius 2 is 1.96 bits per heavy atom. The summed E-state index contributed by atoms with van der Waals surface area (Å²) in [6.45, 7) is 3.27. The summed E-state index contributed by atoms with van der Waals surface area (Å²) in [7, 11) is 0. The fourth-order valence-corrected chi connectivity index (χ4v) is 3.31.